The van der Waals surface area contributed by atoms with Crippen molar-refractivity contribution in [3.8, 4) is 0 Å². The molecular weight excluding hydrogens is 330 g/mol. The Labute approximate surface area is 153 Å². The molecule has 2 aromatic heterocycles. The monoisotopic (exact) mass is 357 g/mol. The predicted octanol–water partition coefficient (Wildman–Crippen LogP) is 1.08. The molecule has 1 amide bonds. The third kappa shape index (κ3) is 3.51. The lowest BCUT2D eigenvalue weighted by Gasteiger charge is -2.39. The number of aromatic nitrogens is 4. The van der Waals surface area contributed by atoms with Crippen LogP contribution in [-0.2, 0) is 4.79 Å². The van der Waals surface area contributed by atoms with Gasteiger partial charge in [0.25, 0.3) is 5.78 Å². The summed E-state index contributed by atoms with van der Waals surface area (Å²) >= 11 is 0. The van der Waals surface area contributed by atoms with Crippen molar-refractivity contribution in [1.29, 1.82) is 0 Å². The number of rotatable bonds is 4. The Balaban J connectivity index is 1.34. The molecule has 0 unspecified atom stereocenters. The highest BCUT2D eigenvalue weighted by Gasteiger charge is 2.28. The number of fused-ring (bicyclic) bond motifs is 1. The summed E-state index contributed by atoms with van der Waals surface area (Å²) in [6.45, 7) is 5.51. The Morgan fingerprint density at radius 3 is 2.73 bits per heavy atom. The summed E-state index contributed by atoms with van der Waals surface area (Å²) in [6, 6.07) is 2.29. The zero-order chi connectivity index (χ0) is 17.9. The Hall–Kier alpha value is -2.22. The fourth-order valence-electron chi connectivity index (χ4n) is 4.06. The van der Waals surface area contributed by atoms with Crippen molar-refractivity contribution in [2.24, 2.45) is 0 Å². The second-order valence-corrected chi connectivity index (χ2v) is 7.35. The van der Waals surface area contributed by atoms with Crippen LogP contribution in [0, 0.1) is 0 Å². The molecule has 8 heteroatoms. The van der Waals surface area contributed by atoms with Gasteiger partial charge in [-0.25, -0.2) is 4.98 Å². The number of hydrogen-bond donors (Lipinski definition) is 1. The van der Waals surface area contributed by atoms with Crippen LogP contribution in [0.5, 0.6) is 0 Å². The number of piperazine rings is 1. The van der Waals surface area contributed by atoms with Gasteiger partial charge in [-0.1, -0.05) is 19.3 Å². The summed E-state index contributed by atoms with van der Waals surface area (Å²) in [5.41, 5.74) is 0. The maximum atomic E-state index is 12.6. The summed E-state index contributed by atoms with van der Waals surface area (Å²) in [7, 11) is 0. The van der Waals surface area contributed by atoms with Crippen LogP contribution in [0.1, 0.15) is 39.0 Å². The van der Waals surface area contributed by atoms with Crippen LogP contribution >= 0.6 is 0 Å². The van der Waals surface area contributed by atoms with Crippen molar-refractivity contribution < 1.29 is 4.79 Å². The number of nitrogens with one attached hydrogen (secondary N) is 1. The molecule has 0 aromatic carbocycles. The summed E-state index contributed by atoms with van der Waals surface area (Å²) in [5, 5.41) is 11.2. The minimum absolute atomic E-state index is 0.0774. The molecule has 1 N–H and O–H groups in total. The van der Waals surface area contributed by atoms with Crippen molar-refractivity contribution >= 4 is 17.5 Å². The number of anilines is 1. The van der Waals surface area contributed by atoms with Gasteiger partial charge in [0.05, 0.1) is 6.04 Å². The first-order valence-corrected chi connectivity index (χ1v) is 9.66. The zero-order valence-electron chi connectivity index (χ0n) is 15.3. The van der Waals surface area contributed by atoms with E-state index in [1.54, 1.807) is 12.5 Å². The molecule has 8 nitrogen and oxygen atoms in total. The number of amides is 1. The van der Waals surface area contributed by atoms with Gasteiger partial charge in [0.1, 0.15) is 12.1 Å². The van der Waals surface area contributed by atoms with Gasteiger partial charge in [-0.3, -0.25) is 14.1 Å². The third-order valence-electron chi connectivity index (χ3n) is 5.71. The van der Waals surface area contributed by atoms with Gasteiger partial charge >= 0.3 is 0 Å². The minimum Gasteiger partial charge on any atom is -0.355 e. The first-order valence-electron chi connectivity index (χ1n) is 9.66. The molecule has 0 spiro atoms. The van der Waals surface area contributed by atoms with Crippen molar-refractivity contribution in [3.05, 3.63) is 18.6 Å². The van der Waals surface area contributed by atoms with Gasteiger partial charge < -0.3 is 10.2 Å². The van der Waals surface area contributed by atoms with E-state index < -0.39 is 0 Å². The molecule has 1 saturated carbocycles. The average Bonchev–Trinajstić information content (AvgIpc) is 3.17. The molecule has 2 fully saturated rings. The standard InChI is InChI=1S/C18H27N7O/c1-14(17(26)21-15-5-3-2-4-6-15)23-9-11-24(12-10-23)16-7-8-19-18-22-20-13-25(16)18/h7-8,13-15H,2-6,9-12H2,1H3,(H,21,26)/t14-/m1/s1. The summed E-state index contributed by atoms with van der Waals surface area (Å²) in [5.74, 6) is 1.85. The number of carbonyl (C=O) groups is 1. The van der Waals surface area contributed by atoms with Gasteiger partial charge in [0, 0.05) is 38.4 Å². The minimum atomic E-state index is -0.0774. The molecule has 140 valence electrons. The highest BCUT2D eigenvalue weighted by Crippen LogP contribution is 2.19. The highest BCUT2D eigenvalue weighted by molar-refractivity contribution is 5.81. The largest absolute Gasteiger partial charge is 0.355 e. The molecule has 3 heterocycles. The van der Waals surface area contributed by atoms with E-state index in [0.717, 1.165) is 44.8 Å². The maximum absolute atomic E-state index is 12.6. The van der Waals surface area contributed by atoms with Crippen LogP contribution in [0.2, 0.25) is 0 Å². The molecule has 4 rings (SSSR count). The normalized spacial score (nSPS) is 21.0. The van der Waals surface area contributed by atoms with Gasteiger partial charge in [-0.2, -0.15) is 0 Å². The van der Waals surface area contributed by atoms with E-state index in [0.29, 0.717) is 11.8 Å². The smallest absolute Gasteiger partial charge is 0.256 e. The van der Waals surface area contributed by atoms with Crippen LogP contribution in [-0.4, -0.2) is 68.7 Å². The van der Waals surface area contributed by atoms with E-state index >= 15 is 0 Å². The fraction of sp³-hybridized carbons (Fsp3) is 0.667. The molecule has 1 aliphatic carbocycles. The summed E-state index contributed by atoms with van der Waals surface area (Å²) in [6.07, 6.45) is 9.50. The van der Waals surface area contributed by atoms with Gasteiger partial charge in [-0.05, 0) is 25.8 Å². The second kappa shape index (κ2) is 7.57. The first kappa shape index (κ1) is 17.2. The molecule has 1 aliphatic heterocycles. The quantitative estimate of drug-likeness (QED) is 0.882. The SMILES string of the molecule is C[C@H](C(=O)NC1CCCCC1)N1CCN(c2ccnc3nncn23)CC1. The van der Waals surface area contributed by atoms with E-state index in [1.807, 2.05) is 17.4 Å². The summed E-state index contributed by atoms with van der Waals surface area (Å²) in [4.78, 5) is 21.4. The van der Waals surface area contributed by atoms with Crippen LogP contribution in [0.25, 0.3) is 5.78 Å². The topological polar surface area (TPSA) is 78.7 Å². The van der Waals surface area contributed by atoms with E-state index in [9.17, 15) is 4.79 Å². The van der Waals surface area contributed by atoms with Crippen LogP contribution in [0.15, 0.2) is 18.6 Å². The van der Waals surface area contributed by atoms with Crippen molar-refractivity contribution in [2.45, 2.75) is 51.1 Å². The van der Waals surface area contributed by atoms with Crippen molar-refractivity contribution in [1.82, 2.24) is 29.8 Å². The van der Waals surface area contributed by atoms with Crippen molar-refractivity contribution in [2.75, 3.05) is 31.1 Å². The maximum Gasteiger partial charge on any atom is 0.256 e. The van der Waals surface area contributed by atoms with E-state index in [2.05, 4.69) is 30.3 Å². The fourth-order valence-corrected chi connectivity index (χ4v) is 4.06. The zero-order valence-corrected chi connectivity index (χ0v) is 15.3. The molecule has 0 bridgehead atoms. The highest BCUT2D eigenvalue weighted by atomic mass is 16.2. The Kier molecular flexibility index (Phi) is 5.01. The van der Waals surface area contributed by atoms with E-state index in [-0.39, 0.29) is 11.9 Å². The number of nitrogens with zero attached hydrogens (tertiary/aromatic N) is 6. The van der Waals surface area contributed by atoms with E-state index in [1.165, 1.54) is 19.3 Å². The van der Waals surface area contributed by atoms with Crippen LogP contribution in [0.3, 0.4) is 0 Å². The lowest BCUT2D eigenvalue weighted by atomic mass is 9.95. The first-order chi connectivity index (χ1) is 12.7. The third-order valence-corrected chi connectivity index (χ3v) is 5.71. The molecule has 1 saturated heterocycles. The predicted molar refractivity (Wildman–Crippen MR) is 99.0 cm³/mol. The molecular formula is C18H27N7O. The van der Waals surface area contributed by atoms with Gasteiger partial charge in [0.2, 0.25) is 5.91 Å². The number of hydrogen-bond acceptors (Lipinski definition) is 6. The Morgan fingerprint density at radius 2 is 1.96 bits per heavy atom. The lowest BCUT2D eigenvalue weighted by molar-refractivity contribution is -0.127. The number of carbonyl (C=O) groups excluding carboxylic acids is 1. The van der Waals surface area contributed by atoms with Crippen LogP contribution in [0.4, 0.5) is 5.82 Å². The van der Waals surface area contributed by atoms with Crippen molar-refractivity contribution in [3.63, 3.8) is 0 Å². The van der Waals surface area contributed by atoms with Gasteiger partial charge in [0.15, 0.2) is 0 Å². The molecule has 1 atom stereocenters. The average molecular weight is 357 g/mol. The molecule has 26 heavy (non-hydrogen) atoms. The van der Waals surface area contributed by atoms with Crippen LogP contribution < -0.4 is 10.2 Å². The van der Waals surface area contributed by atoms with Gasteiger partial charge in [-0.15, -0.1) is 10.2 Å². The Bertz CT molecular complexity index is 747. The molecule has 0 radical (unpaired) electrons. The molecule has 2 aliphatic rings. The van der Waals surface area contributed by atoms with E-state index in [4.69, 9.17) is 0 Å². The lowest BCUT2D eigenvalue weighted by Crippen LogP contribution is -2.55. The summed E-state index contributed by atoms with van der Waals surface area (Å²) < 4.78 is 1.91. The second-order valence-electron chi connectivity index (χ2n) is 7.35. The Morgan fingerprint density at radius 1 is 1.19 bits per heavy atom. The molecule has 2 aromatic rings.